The Kier molecular flexibility index (Phi) is 2.43. The maximum absolute atomic E-state index is 2.45. The van der Waals surface area contributed by atoms with Gasteiger partial charge in [0.15, 0.2) is 0 Å². The van der Waals surface area contributed by atoms with Crippen molar-refractivity contribution >= 4 is 0 Å². The summed E-state index contributed by atoms with van der Waals surface area (Å²) in [6.45, 7) is 4.91. The van der Waals surface area contributed by atoms with Gasteiger partial charge in [0.2, 0.25) is 0 Å². The van der Waals surface area contributed by atoms with Crippen molar-refractivity contribution in [3.05, 3.63) is 0 Å². The SMILES string of the molecule is C[C@H]1CC2CCCC[C@@H]2C[C@@H]1C. The lowest BCUT2D eigenvalue weighted by Gasteiger charge is -2.41. The second-order valence-corrected chi connectivity index (χ2v) is 5.23. The van der Waals surface area contributed by atoms with Crippen LogP contribution in [-0.4, -0.2) is 0 Å². The predicted molar refractivity (Wildman–Crippen MR) is 53.0 cm³/mol. The van der Waals surface area contributed by atoms with E-state index < -0.39 is 0 Å². The monoisotopic (exact) mass is 166 g/mol. The molecule has 0 heteroatoms. The lowest BCUT2D eigenvalue weighted by molar-refractivity contribution is 0.0942. The number of fused-ring (bicyclic) bond motifs is 1. The Labute approximate surface area is 76.7 Å². The summed E-state index contributed by atoms with van der Waals surface area (Å²) < 4.78 is 0. The van der Waals surface area contributed by atoms with Gasteiger partial charge in [0.05, 0.1) is 0 Å². The first-order chi connectivity index (χ1) is 5.77. The zero-order chi connectivity index (χ0) is 8.55. The summed E-state index contributed by atoms with van der Waals surface area (Å²) in [6.07, 6.45) is 9.19. The van der Waals surface area contributed by atoms with E-state index in [1.165, 1.54) is 25.7 Å². The van der Waals surface area contributed by atoms with Gasteiger partial charge in [-0.25, -0.2) is 0 Å². The molecule has 0 bridgehead atoms. The first-order valence-corrected chi connectivity index (χ1v) is 5.77. The van der Waals surface area contributed by atoms with E-state index in [2.05, 4.69) is 13.8 Å². The molecule has 70 valence electrons. The van der Waals surface area contributed by atoms with Gasteiger partial charge in [-0.05, 0) is 36.5 Å². The normalized spacial score (nSPS) is 48.5. The summed E-state index contributed by atoms with van der Waals surface area (Å²) in [7, 11) is 0. The second kappa shape index (κ2) is 3.40. The molecule has 0 amide bonds. The number of hydrogen-bond acceptors (Lipinski definition) is 0. The molecule has 0 aliphatic heterocycles. The third-order valence-electron chi connectivity index (χ3n) is 4.39. The lowest BCUT2D eigenvalue weighted by Crippen LogP contribution is -2.31. The second-order valence-electron chi connectivity index (χ2n) is 5.23. The highest BCUT2D eigenvalue weighted by Gasteiger charge is 2.33. The summed E-state index contributed by atoms with van der Waals surface area (Å²) >= 11 is 0. The van der Waals surface area contributed by atoms with E-state index in [0.29, 0.717) is 0 Å². The van der Waals surface area contributed by atoms with Gasteiger partial charge in [-0.15, -0.1) is 0 Å². The van der Waals surface area contributed by atoms with Gasteiger partial charge < -0.3 is 0 Å². The van der Waals surface area contributed by atoms with Gasteiger partial charge in [-0.2, -0.15) is 0 Å². The van der Waals surface area contributed by atoms with Crippen molar-refractivity contribution in [3.8, 4) is 0 Å². The van der Waals surface area contributed by atoms with Gasteiger partial charge in [-0.1, -0.05) is 39.5 Å². The van der Waals surface area contributed by atoms with Crippen molar-refractivity contribution in [2.45, 2.75) is 52.4 Å². The Bertz CT molecular complexity index is 132. The van der Waals surface area contributed by atoms with E-state index in [-0.39, 0.29) is 0 Å². The van der Waals surface area contributed by atoms with Crippen molar-refractivity contribution in [2.24, 2.45) is 23.7 Å². The van der Waals surface area contributed by atoms with E-state index in [1.807, 2.05) is 0 Å². The van der Waals surface area contributed by atoms with Crippen LogP contribution in [0, 0.1) is 23.7 Å². The molecule has 2 aliphatic carbocycles. The zero-order valence-electron chi connectivity index (χ0n) is 8.55. The molecule has 2 fully saturated rings. The van der Waals surface area contributed by atoms with Gasteiger partial charge in [0.1, 0.15) is 0 Å². The average molecular weight is 166 g/mol. The van der Waals surface area contributed by atoms with Crippen LogP contribution < -0.4 is 0 Å². The van der Waals surface area contributed by atoms with Gasteiger partial charge in [0.25, 0.3) is 0 Å². The molecule has 12 heavy (non-hydrogen) atoms. The largest absolute Gasteiger partial charge is 0.0622 e. The van der Waals surface area contributed by atoms with Crippen LogP contribution in [0.4, 0.5) is 0 Å². The maximum atomic E-state index is 2.45. The Morgan fingerprint density at radius 2 is 1.17 bits per heavy atom. The molecule has 0 aromatic heterocycles. The molecule has 1 unspecified atom stereocenters. The molecular formula is C12H22. The molecule has 0 heterocycles. The van der Waals surface area contributed by atoms with Crippen LogP contribution in [-0.2, 0) is 0 Å². The van der Waals surface area contributed by atoms with Crippen LogP contribution in [0.2, 0.25) is 0 Å². The molecule has 4 atom stereocenters. The molecular weight excluding hydrogens is 144 g/mol. The average Bonchev–Trinajstić information content (AvgIpc) is 2.07. The van der Waals surface area contributed by atoms with Gasteiger partial charge >= 0.3 is 0 Å². The maximum Gasteiger partial charge on any atom is -0.0383 e. The van der Waals surface area contributed by atoms with Gasteiger partial charge in [-0.3, -0.25) is 0 Å². The number of rotatable bonds is 0. The van der Waals surface area contributed by atoms with E-state index >= 15 is 0 Å². The van der Waals surface area contributed by atoms with Crippen molar-refractivity contribution < 1.29 is 0 Å². The van der Waals surface area contributed by atoms with Crippen LogP contribution in [0.3, 0.4) is 0 Å². The molecule has 2 saturated carbocycles. The first kappa shape index (κ1) is 8.59. The van der Waals surface area contributed by atoms with E-state index in [0.717, 1.165) is 23.7 Å². The van der Waals surface area contributed by atoms with Crippen molar-refractivity contribution in [2.75, 3.05) is 0 Å². The third-order valence-corrected chi connectivity index (χ3v) is 4.39. The minimum absolute atomic E-state index is 1.00. The van der Waals surface area contributed by atoms with Crippen LogP contribution >= 0.6 is 0 Å². The highest BCUT2D eigenvalue weighted by atomic mass is 14.4. The van der Waals surface area contributed by atoms with E-state index in [1.54, 1.807) is 12.8 Å². The molecule has 0 N–H and O–H groups in total. The fourth-order valence-corrected chi connectivity index (χ4v) is 3.32. The van der Waals surface area contributed by atoms with Crippen LogP contribution in [0.5, 0.6) is 0 Å². The summed E-state index contributed by atoms with van der Waals surface area (Å²) in [4.78, 5) is 0. The summed E-state index contributed by atoms with van der Waals surface area (Å²) in [5, 5.41) is 0. The number of hydrogen-bond donors (Lipinski definition) is 0. The molecule has 0 aromatic carbocycles. The third kappa shape index (κ3) is 1.53. The fraction of sp³-hybridized carbons (Fsp3) is 1.00. The minimum atomic E-state index is 1.00. The molecule has 0 saturated heterocycles. The van der Waals surface area contributed by atoms with Crippen LogP contribution in [0.25, 0.3) is 0 Å². The van der Waals surface area contributed by atoms with Crippen molar-refractivity contribution in [1.29, 1.82) is 0 Å². The molecule has 0 aromatic rings. The Morgan fingerprint density at radius 1 is 0.750 bits per heavy atom. The molecule has 0 nitrogen and oxygen atoms in total. The predicted octanol–water partition coefficient (Wildman–Crippen LogP) is 3.86. The molecule has 0 radical (unpaired) electrons. The highest BCUT2D eigenvalue weighted by molar-refractivity contribution is 4.84. The Balaban J connectivity index is 1.98. The van der Waals surface area contributed by atoms with Gasteiger partial charge in [0, 0.05) is 0 Å². The quantitative estimate of drug-likeness (QED) is 0.512. The van der Waals surface area contributed by atoms with Crippen molar-refractivity contribution in [1.82, 2.24) is 0 Å². The minimum Gasteiger partial charge on any atom is -0.0622 e. The standard InChI is InChI=1S/C12H22/c1-9-7-11-5-3-4-6-12(11)8-10(9)2/h9-12H,3-8H2,1-2H3/t9-,10-,11+,12?/m0/s1. The topological polar surface area (TPSA) is 0 Å². The molecule has 2 rings (SSSR count). The summed E-state index contributed by atoms with van der Waals surface area (Å²) in [5.74, 6) is 4.24. The zero-order valence-corrected chi connectivity index (χ0v) is 8.55. The Hall–Kier alpha value is 0. The fourth-order valence-electron chi connectivity index (χ4n) is 3.32. The summed E-state index contributed by atoms with van der Waals surface area (Å²) in [6, 6.07) is 0. The molecule has 0 spiro atoms. The van der Waals surface area contributed by atoms with Crippen LogP contribution in [0.1, 0.15) is 52.4 Å². The lowest BCUT2D eigenvalue weighted by atomic mass is 9.64. The van der Waals surface area contributed by atoms with E-state index in [9.17, 15) is 0 Å². The summed E-state index contributed by atoms with van der Waals surface area (Å²) in [5.41, 5.74) is 0. The van der Waals surface area contributed by atoms with E-state index in [4.69, 9.17) is 0 Å². The highest BCUT2D eigenvalue weighted by Crippen LogP contribution is 2.44. The molecule has 2 aliphatic rings. The Morgan fingerprint density at radius 3 is 1.58 bits per heavy atom. The van der Waals surface area contributed by atoms with Crippen molar-refractivity contribution in [3.63, 3.8) is 0 Å². The smallest absolute Gasteiger partial charge is 0.0383 e. The first-order valence-electron chi connectivity index (χ1n) is 5.77. The van der Waals surface area contributed by atoms with Crippen LogP contribution in [0.15, 0.2) is 0 Å².